The summed E-state index contributed by atoms with van der Waals surface area (Å²) in [7, 11) is 1.74. The lowest BCUT2D eigenvalue weighted by molar-refractivity contribution is 0.156. The number of methoxy groups -OCH3 is 1. The van der Waals surface area contributed by atoms with Crippen LogP contribution in [0.25, 0.3) is 0 Å². The lowest BCUT2D eigenvalue weighted by atomic mass is 9.93. The molecule has 0 spiro atoms. The summed E-state index contributed by atoms with van der Waals surface area (Å²) >= 11 is 0. The first-order valence-electron chi connectivity index (χ1n) is 7.35. The van der Waals surface area contributed by atoms with Crippen LogP contribution in [0.1, 0.15) is 24.0 Å². The molecule has 3 rings (SSSR count). The number of benzene rings is 1. The molecule has 2 fully saturated rings. The first-order chi connectivity index (χ1) is 9.26. The monoisotopic (exact) mass is 296 g/mol. The molecule has 1 aromatic rings. The Morgan fingerprint density at radius 2 is 2.20 bits per heavy atom. The minimum atomic E-state index is 0. The molecule has 4 heteroatoms. The van der Waals surface area contributed by atoms with E-state index in [1.165, 1.54) is 43.6 Å². The summed E-state index contributed by atoms with van der Waals surface area (Å²) in [6.07, 6.45) is 2.66. The van der Waals surface area contributed by atoms with Crippen molar-refractivity contribution in [3.63, 3.8) is 0 Å². The zero-order chi connectivity index (χ0) is 13.2. The standard InChI is InChI=1S/C16H24N2O.ClH/c1-12-9-13(3-4-16(12)19-2)10-18-8-6-15-14(11-18)5-7-17-15;/h3-4,9,14-15,17H,5-8,10-11H2,1-2H3;1H. The molecule has 0 amide bonds. The summed E-state index contributed by atoms with van der Waals surface area (Å²) in [5.74, 6) is 1.86. The average Bonchev–Trinajstić information content (AvgIpc) is 2.86. The SMILES string of the molecule is COc1ccc(CN2CCC3NCCC3C2)cc1C.Cl. The number of piperidine rings is 1. The van der Waals surface area contributed by atoms with E-state index in [0.29, 0.717) is 0 Å². The molecule has 2 aliphatic heterocycles. The van der Waals surface area contributed by atoms with Gasteiger partial charge in [-0.25, -0.2) is 0 Å². The second-order valence-electron chi connectivity index (χ2n) is 5.94. The van der Waals surface area contributed by atoms with Crippen LogP contribution in [0.15, 0.2) is 18.2 Å². The Balaban J connectivity index is 0.00000147. The van der Waals surface area contributed by atoms with E-state index in [1.54, 1.807) is 7.11 Å². The molecular formula is C16H25ClN2O. The van der Waals surface area contributed by atoms with Crippen LogP contribution in [0, 0.1) is 12.8 Å². The molecule has 1 N–H and O–H groups in total. The van der Waals surface area contributed by atoms with E-state index >= 15 is 0 Å². The summed E-state index contributed by atoms with van der Waals surface area (Å²) in [6.45, 7) is 6.89. The highest BCUT2D eigenvalue weighted by molar-refractivity contribution is 5.85. The van der Waals surface area contributed by atoms with Gasteiger partial charge in [0.05, 0.1) is 7.11 Å². The van der Waals surface area contributed by atoms with E-state index in [9.17, 15) is 0 Å². The molecule has 20 heavy (non-hydrogen) atoms. The maximum Gasteiger partial charge on any atom is 0.121 e. The fraction of sp³-hybridized carbons (Fsp3) is 0.625. The molecule has 112 valence electrons. The van der Waals surface area contributed by atoms with Gasteiger partial charge in [-0.1, -0.05) is 12.1 Å². The van der Waals surface area contributed by atoms with Crippen LogP contribution in [0.2, 0.25) is 0 Å². The molecular weight excluding hydrogens is 272 g/mol. The van der Waals surface area contributed by atoms with Crippen LogP contribution in [0.5, 0.6) is 5.75 Å². The highest BCUT2D eigenvalue weighted by Gasteiger charge is 2.32. The number of aryl methyl sites for hydroxylation is 1. The van der Waals surface area contributed by atoms with Crippen molar-refractivity contribution in [2.75, 3.05) is 26.7 Å². The highest BCUT2D eigenvalue weighted by Crippen LogP contribution is 2.26. The summed E-state index contributed by atoms with van der Waals surface area (Å²) in [5.41, 5.74) is 2.64. The third kappa shape index (κ3) is 3.27. The Hall–Kier alpha value is -0.770. The van der Waals surface area contributed by atoms with Gasteiger partial charge in [-0.15, -0.1) is 12.4 Å². The minimum absolute atomic E-state index is 0. The quantitative estimate of drug-likeness (QED) is 0.928. The van der Waals surface area contributed by atoms with Crippen molar-refractivity contribution in [3.8, 4) is 5.75 Å². The Labute approximate surface area is 128 Å². The molecule has 2 saturated heterocycles. The number of nitrogens with one attached hydrogen (secondary N) is 1. The number of hydrogen-bond acceptors (Lipinski definition) is 3. The van der Waals surface area contributed by atoms with E-state index in [-0.39, 0.29) is 12.4 Å². The van der Waals surface area contributed by atoms with Gasteiger partial charge < -0.3 is 10.1 Å². The van der Waals surface area contributed by atoms with Gasteiger partial charge in [0, 0.05) is 19.1 Å². The number of rotatable bonds is 3. The maximum atomic E-state index is 5.32. The second-order valence-corrected chi connectivity index (χ2v) is 5.94. The van der Waals surface area contributed by atoms with Crippen LogP contribution < -0.4 is 10.1 Å². The predicted octanol–water partition coefficient (Wildman–Crippen LogP) is 2.61. The van der Waals surface area contributed by atoms with Crippen LogP contribution in [0.4, 0.5) is 0 Å². The largest absolute Gasteiger partial charge is 0.496 e. The Kier molecular flexibility index (Phi) is 5.30. The van der Waals surface area contributed by atoms with Crippen molar-refractivity contribution >= 4 is 12.4 Å². The third-order valence-corrected chi connectivity index (χ3v) is 4.61. The van der Waals surface area contributed by atoms with Gasteiger partial charge in [0.2, 0.25) is 0 Å². The van der Waals surface area contributed by atoms with Gasteiger partial charge >= 0.3 is 0 Å². The Bertz CT molecular complexity index is 452. The molecule has 0 aromatic heterocycles. The molecule has 0 saturated carbocycles. The summed E-state index contributed by atoms with van der Waals surface area (Å²) in [4.78, 5) is 2.61. The third-order valence-electron chi connectivity index (χ3n) is 4.61. The van der Waals surface area contributed by atoms with Crippen LogP contribution >= 0.6 is 12.4 Å². The summed E-state index contributed by atoms with van der Waals surface area (Å²) < 4.78 is 5.32. The van der Waals surface area contributed by atoms with E-state index in [1.807, 2.05) is 0 Å². The van der Waals surface area contributed by atoms with Crippen molar-refractivity contribution in [2.45, 2.75) is 32.4 Å². The molecule has 2 unspecified atom stereocenters. The van der Waals surface area contributed by atoms with Crippen LogP contribution in [-0.4, -0.2) is 37.7 Å². The lowest BCUT2D eigenvalue weighted by Crippen LogP contribution is -2.43. The second kappa shape index (κ2) is 6.79. The molecule has 2 aliphatic rings. The van der Waals surface area contributed by atoms with Gasteiger partial charge in [-0.2, -0.15) is 0 Å². The lowest BCUT2D eigenvalue weighted by Gasteiger charge is -2.34. The molecule has 3 nitrogen and oxygen atoms in total. The summed E-state index contributed by atoms with van der Waals surface area (Å²) in [6, 6.07) is 7.34. The van der Waals surface area contributed by atoms with Crippen molar-refractivity contribution in [1.29, 1.82) is 0 Å². The fourth-order valence-electron chi connectivity index (χ4n) is 3.56. The van der Waals surface area contributed by atoms with Gasteiger partial charge in [0.25, 0.3) is 0 Å². The fourth-order valence-corrected chi connectivity index (χ4v) is 3.56. The minimum Gasteiger partial charge on any atom is -0.496 e. The van der Waals surface area contributed by atoms with Gasteiger partial charge in [0.15, 0.2) is 0 Å². The van der Waals surface area contributed by atoms with E-state index in [2.05, 4.69) is 35.3 Å². The molecule has 0 bridgehead atoms. The Morgan fingerprint density at radius 3 is 2.95 bits per heavy atom. The van der Waals surface area contributed by atoms with Gasteiger partial charge in [0.1, 0.15) is 5.75 Å². The normalized spacial score (nSPS) is 25.9. The van der Waals surface area contributed by atoms with Crippen molar-refractivity contribution < 1.29 is 4.74 Å². The van der Waals surface area contributed by atoms with E-state index in [0.717, 1.165) is 24.3 Å². The van der Waals surface area contributed by atoms with E-state index < -0.39 is 0 Å². The summed E-state index contributed by atoms with van der Waals surface area (Å²) in [5, 5.41) is 3.62. The van der Waals surface area contributed by atoms with E-state index in [4.69, 9.17) is 4.74 Å². The molecule has 0 aliphatic carbocycles. The topological polar surface area (TPSA) is 24.5 Å². The molecule has 0 radical (unpaired) electrons. The highest BCUT2D eigenvalue weighted by atomic mass is 35.5. The average molecular weight is 297 g/mol. The number of halogens is 1. The van der Waals surface area contributed by atoms with Crippen molar-refractivity contribution in [3.05, 3.63) is 29.3 Å². The first-order valence-corrected chi connectivity index (χ1v) is 7.35. The van der Waals surface area contributed by atoms with Gasteiger partial charge in [-0.05, 0) is 56.0 Å². The number of ether oxygens (including phenoxy) is 1. The van der Waals surface area contributed by atoms with Crippen LogP contribution in [-0.2, 0) is 6.54 Å². The first kappa shape index (κ1) is 15.6. The Morgan fingerprint density at radius 1 is 1.35 bits per heavy atom. The van der Waals surface area contributed by atoms with Gasteiger partial charge in [-0.3, -0.25) is 4.90 Å². The molecule has 2 heterocycles. The number of likely N-dealkylation sites (tertiary alicyclic amines) is 1. The molecule has 1 aromatic carbocycles. The van der Waals surface area contributed by atoms with Crippen molar-refractivity contribution in [2.24, 2.45) is 5.92 Å². The number of nitrogens with zero attached hydrogens (tertiary/aromatic N) is 1. The zero-order valence-electron chi connectivity index (χ0n) is 12.4. The van der Waals surface area contributed by atoms with Crippen LogP contribution in [0.3, 0.4) is 0 Å². The smallest absolute Gasteiger partial charge is 0.121 e. The number of hydrogen-bond donors (Lipinski definition) is 1. The predicted molar refractivity (Wildman–Crippen MR) is 84.8 cm³/mol. The maximum absolute atomic E-state index is 5.32. The molecule has 2 atom stereocenters. The number of fused-ring (bicyclic) bond motifs is 1. The van der Waals surface area contributed by atoms with Crippen molar-refractivity contribution in [1.82, 2.24) is 10.2 Å². The zero-order valence-corrected chi connectivity index (χ0v) is 13.2.